The minimum absolute atomic E-state index is 0.176. The number of halogens is 1. The maximum Gasteiger partial charge on any atom is 0.307 e. The monoisotopic (exact) mass is 273 g/mol. The molecule has 1 rings (SSSR count). The normalized spacial score (nSPS) is 17.2. The molecule has 0 unspecified atom stereocenters. The number of esters is 1. The lowest BCUT2D eigenvalue weighted by molar-refractivity contribution is -0.146. The van der Waals surface area contributed by atoms with Crippen molar-refractivity contribution in [3.63, 3.8) is 0 Å². The van der Waals surface area contributed by atoms with Crippen LogP contribution in [0.4, 0.5) is 0 Å². The van der Waals surface area contributed by atoms with Crippen molar-refractivity contribution in [1.82, 2.24) is 5.32 Å². The third kappa shape index (κ3) is 4.33. The van der Waals surface area contributed by atoms with Gasteiger partial charge in [-0.1, -0.05) is 19.4 Å². The second-order valence-electron chi connectivity index (χ2n) is 4.82. The third-order valence-electron chi connectivity index (χ3n) is 3.14. The van der Waals surface area contributed by atoms with E-state index < -0.39 is 5.54 Å². The average Bonchev–Trinajstić information content (AvgIpc) is 2.76. The van der Waals surface area contributed by atoms with E-state index in [0.717, 1.165) is 25.7 Å². The highest BCUT2D eigenvalue weighted by molar-refractivity contribution is 6.18. The number of ether oxygens (including phenoxy) is 1. The molecule has 18 heavy (non-hydrogen) atoms. The molecular weight excluding hydrogens is 254 g/mol. The van der Waals surface area contributed by atoms with Gasteiger partial charge in [-0.15, -0.1) is 11.6 Å². The number of nitrogens with one attached hydrogen (secondary N) is 1. The van der Waals surface area contributed by atoms with E-state index >= 15 is 0 Å². The summed E-state index contributed by atoms with van der Waals surface area (Å²) in [6.45, 7) is 5.50. The number of amides is 1. The lowest BCUT2D eigenvalue weighted by Gasteiger charge is -2.29. The van der Waals surface area contributed by atoms with Gasteiger partial charge in [-0.25, -0.2) is 0 Å². The molecule has 0 spiro atoms. The Morgan fingerprint density at radius 1 is 1.39 bits per heavy atom. The van der Waals surface area contributed by atoms with Gasteiger partial charge in [-0.2, -0.15) is 0 Å². The lowest BCUT2D eigenvalue weighted by Crippen LogP contribution is -2.50. The van der Waals surface area contributed by atoms with Gasteiger partial charge in [0.1, 0.15) is 6.61 Å². The van der Waals surface area contributed by atoms with E-state index in [4.69, 9.17) is 16.3 Å². The Hall–Kier alpha value is -1.03. The fourth-order valence-corrected chi connectivity index (χ4v) is 2.23. The summed E-state index contributed by atoms with van der Waals surface area (Å²) in [6, 6.07) is 0. The summed E-state index contributed by atoms with van der Waals surface area (Å²) in [5.74, 6) is -0.240. The Morgan fingerprint density at radius 3 is 2.50 bits per heavy atom. The second-order valence-corrected chi connectivity index (χ2v) is 5.20. The first-order valence-electron chi connectivity index (χ1n) is 6.19. The maximum absolute atomic E-state index is 11.7. The molecule has 0 aliphatic heterocycles. The standard InChI is InChI=1S/C13H20ClNO3/c1-10(2)12(17)15-13(6-3-4-7-13)9-18-11(16)5-8-14/h1,3-9H2,2H3,(H,15,17). The van der Waals surface area contributed by atoms with Crippen LogP contribution in [-0.2, 0) is 14.3 Å². The van der Waals surface area contributed by atoms with Crippen LogP contribution in [-0.4, -0.2) is 29.9 Å². The predicted molar refractivity (Wildman–Crippen MR) is 70.5 cm³/mol. The average molecular weight is 274 g/mol. The van der Waals surface area contributed by atoms with E-state index in [0.29, 0.717) is 5.57 Å². The summed E-state index contributed by atoms with van der Waals surface area (Å²) in [6.07, 6.45) is 3.93. The molecule has 0 saturated heterocycles. The van der Waals surface area contributed by atoms with Crippen LogP contribution in [0.2, 0.25) is 0 Å². The predicted octanol–water partition coefficient (Wildman–Crippen LogP) is 2.16. The van der Waals surface area contributed by atoms with Crippen LogP contribution in [0.25, 0.3) is 0 Å². The molecular formula is C13H20ClNO3. The summed E-state index contributed by atoms with van der Waals surface area (Å²) in [7, 11) is 0. The fraction of sp³-hybridized carbons (Fsp3) is 0.692. The molecule has 1 aliphatic rings. The summed E-state index contributed by atoms with van der Waals surface area (Å²) in [4.78, 5) is 23.0. The zero-order valence-electron chi connectivity index (χ0n) is 10.8. The van der Waals surface area contributed by atoms with Crippen molar-refractivity contribution in [3.8, 4) is 0 Å². The van der Waals surface area contributed by atoms with Crippen LogP contribution in [0.15, 0.2) is 12.2 Å². The van der Waals surface area contributed by atoms with Crippen molar-refractivity contribution in [2.24, 2.45) is 0 Å². The summed E-state index contributed by atoms with van der Waals surface area (Å²) >= 11 is 5.47. The molecule has 1 saturated carbocycles. The topological polar surface area (TPSA) is 55.4 Å². The number of hydrogen-bond donors (Lipinski definition) is 1. The first-order valence-corrected chi connectivity index (χ1v) is 6.72. The summed E-state index contributed by atoms with van der Waals surface area (Å²) in [5, 5.41) is 2.94. The van der Waals surface area contributed by atoms with E-state index in [1.54, 1.807) is 6.92 Å². The van der Waals surface area contributed by atoms with Crippen LogP contribution in [0.5, 0.6) is 0 Å². The van der Waals surface area contributed by atoms with Gasteiger partial charge in [0, 0.05) is 11.5 Å². The summed E-state index contributed by atoms with van der Waals surface area (Å²) in [5.41, 5.74) is 0.0474. The van der Waals surface area contributed by atoms with Gasteiger partial charge in [0.25, 0.3) is 0 Å². The highest BCUT2D eigenvalue weighted by atomic mass is 35.5. The molecule has 5 heteroatoms. The number of hydrogen-bond acceptors (Lipinski definition) is 3. The Balaban J connectivity index is 2.55. The van der Waals surface area contributed by atoms with Crippen molar-refractivity contribution < 1.29 is 14.3 Å². The molecule has 0 atom stereocenters. The van der Waals surface area contributed by atoms with Gasteiger partial charge in [-0.05, 0) is 19.8 Å². The maximum atomic E-state index is 11.7. The highest BCUT2D eigenvalue weighted by Gasteiger charge is 2.36. The minimum atomic E-state index is -0.419. The Kier molecular flexibility index (Phi) is 5.66. The van der Waals surface area contributed by atoms with Crippen LogP contribution in [0, 0.1) is 0 Å². The van der Waals surface area contributed by atoms with Gasteiger partial charge in [0.2, 0.25) is 5.91 Å². The molecule has 0 heterocycles. The van der Waals surface area contributed by atoms with E-state index in [2.05, 4.69) is 11.9 Å². The van der Waals surface area contributed by atoms with Crippen molar-refractivity contribution in [2.45, 2.75) is 44.6 Å². The molecule has 0 bridgehead atoms. The van der Waals surface area contributed by atoms with Gasteiger partial charge in [-0.3, -0.25) is 9.59 Å². The van der Waals surface area contributed by atoms with E-state index in [9.17, 15) is 9.59 Å². The lowest BCUT2D eigenvalue weighted by atomic mass is 9.98. The van der Waals surface area contributed by atoms with Crippen LogP contribution < -0.4 is 5.32 Å². The molecule has 1 amide bonds. The molecule has 1 fully saturated rings. The number of carbonyl (C=O) groups excluding carboxylic acids is 2. The largest absolute Gasteiger partial charge is 0.463 e. The molecule has 4 nitrogen and oxygen atoms in total. The van der Waals surface area contributed by atoms with Crippen molar-refractivity contribution in [2.75, 3.05) is 12.5 Å². The molecule has 0 aromatic carbocycles. The van der Waals surface area contributed by atoms with Crippen LogP contribution >= 0.6 is 11.6 Å². The first-order chi connectivity index (χ1) is 8.49. The molecule has 0 aromatic rings. The van der Waals surface area contributed by atoms with E-state index in [1.165, 1.54) is 0 Å². The Labute approximate surface area is 113 Å². The molecule has 0 aromatic heterocycles. The van der Waals surface area contributed by atoms with Crippen LogP contribution in [0.1, 0.15) is 39.0 Å². The number of alkyl halides is 1. The van der Waals surface area contributed by atoms with Gasteiger partial charge >= 0.3 is 5.97 Å². The minimum Gasteiger partial charge on any atom is -0.463 e. The Bertz CT molecular complexity index is 335. The fourth-order valence-electron chi connectivity index (χ4n) is 2.07. The second kappa shape index (κ2) is 6.78. The van der Waals surface area contributed by atoms with Gasteiger partial charge in [0.05, 0.1) is 12.0 Å². The van der Waals surface area contributed by atoms with Gasteiger partial charge in [0.15, 0.2) is 0 Å². The Morgan fingerprint density at radius 2 is 2.00 bits per heavy atom. The summed E-state index contributed by atoms with van der Waals surface area (Å²) < 4.78 is 5.18. The smallest absolute Gasteiger partial charge is 0.307 e. The third-order valence-corrected chi connectivity index (χ3v) is 3.32. The van der Waals surface area contributed by atoms with Crippen molar-refractivity contribution in [3.05, 3.63) is 12.2 Å². The van der Waals surface area contributed by atoms with E-state index in [-0.39, 0.29) is 30.8 Å². The number of carbonyl (C=O) groups is 2. The molecule has 102 valence electrons. The molecule has 1 aliphatic carbocycles. The van der Waals surface area contributed by atoms with Crippen molar-refractivity contribution >= 4 is 23.5 Å². The quantitative estimate of drug-likeness (QED) is 0.458. The molecule has 1 N–H and O–H groups in total. The van der Waals surface area contributed by atoms with Crippen LogP contribution in [0.3, 0.4) is 0 Å². The highest BCUT2D eigenvalue weighted by Crippen LogP contribution is 2.30. The zero-order chi connectivity index (χ0) is 13.6. The zero-order valence-corrected chi connectivity index (χ0v) is 11.5. The molecule has 0 radical (unpaired) electrons. The van der Waals surface area contributed by atoms with Crippen molar-refractivity contribution in [1.29, 1.82) is 0 Å². The van der Waals surface area contributed by atoms with Gasteiger partial charge < -0.3 is 10.1 Å². The number of rotatable bonds is 6. The SMILES string of the molecule is C=C(C)C(=O)NC1(COC(=O)CCCl)CCCC1. The first kappa shape index (κ1) is 15.0. The van der Waals surface area contributed by atoms with E-state index in [1.807, 2.05) is 0 Å².